The molecule has 0 aromatic rings. The lowest BCUT2D eigenvalue weighted by Crippen LogP contribution is -2.49. The summed E-state index contributed by atoms with van der Waals surface area (Å²) in [6.07, 6.45) is 4.47. The van der Waals surface area contributed by atoms with Crippen molar-refractivity contribution in [3.8, 4) is 0 Å². The highest BCUT2D eigenvalue weighted by molar-refractivity contribution is 5.76. The number of piperidine rings is 2. The van der Waals surface area contributed by atoms with Crippen molar-refractivity contribution >= 4 is 5.91 Å². The minimum Gasteiger partial charge on any atom is -0.369 e. The molecule has 4 nitrogen and oxygen atoms in total. The zero-order chi connectivity index (χ0) is 13.1. The van der Waals surface area contributed by atoms with Crippen molar-refractivity contribution in [3.05, 3.63) is 0 Å². The summed E-state index contributed by atoms with van der Waals surface area (Å²) in [7, 11) is 0. The topological polar surface area (TPSA) is 49.6 Å². The molecule has 0 bridgehead atoms. The predicted octanol–water partition coefficient (Wildman–Crippen LogP) is 1.06. The van der Waals surface area contributed by atoms with Crippen LogP contribution < -0.4 is 5.73 Å². The number of carbonyl (C=O) groups is 1. The van der Waals surface area contributed by atoms with Crippen LogP contribution in [-0.4, -0.2) is 54.0 Å². The molecule has 2 rings (SSSR count). The fourth-order valence-corrected chi connectivity index (χ4v) is 3.32. The Bertz CT molecular complexity index is 277. The smallest absolute Gasteiger partial charge is 0.220 e. The van der Waals surface area contributed by atoms with E-state index in [2.05, 4.69) is 23.6 Å². The van der Waals surface area contributed by atoms with E-state index in [0.29, 0.717) is 6.04 Å². The molecule has 104 valence electrons. The van der Waals surface area contributed by atoms with E-state index in [0.717, 1.165) is 32.0 Å². The van der Waals surface area contributed by atoms with Gasteiger partial charge in [0.1, 0.15) is 0 Å². The highest BCUT2D eigenvalue weighted by Gasteiger charge is 2.30. The summed E-state index contributed by atoms with van der Waals surface area (Å²) < 4.78 is 0. The standard InChI is InChI=1S/C14H27N3O/c1-11(2)16-9-5-13(6-10-16)17-7-3-12(4-8-17)14(15)18/h11-13H,3-10H2,1-2H3,(H2,15,18). The van der Waals surface area contributed by atoms with Gasteiger partial charge in [-0.05, 0) is 65.7 Å². The van der Waals surface area contributed by atoms with Crippen LogP contribution in [0.4, 0.5) is 0 Å². The molecule has 18 heavy (non-hydrogen) atoms. The number of primary amides is 1. The zero-order valence-electron chi connectivity index (χ0n) is 11.8. The van der Waals surface area contributed by atoms with Gasteiger partial charge in [0.25, 0.3) is 0 Å². The molecule has 0 aliphatic carbocycles. The second kappa shape index (κ2) is 6.02. The average Bonchev–Trinajstić information content (AvgIpc) is 2.39. The number of amides is 1. The summed E-state index contributed by atoms with van der Waals surface area (Å²) in [5, 5.41) is 0. The Hall–Kier alpha value is -0.610. The first-order chi connectivity index (χ1) is 8.58. The molecule has 2 aliphatic heterocycles. The lowest BCUT2D eigenvalue weighted by atomic mass is 9.93. The van der Waals surface area contributed by atoms with E-state index in [1.165, 1.54) is 25.9 Å². The molecule has 2 fully saturated rings. The van der Waals surface area contributed by atoms with E-state index < -0.39 is 0 Å². The molecular weight excluding hydrogens is 226 g/mol. The molecule has 0 aromatic heterocycles. The van der Waals surface area contributed by atoms with Crippen molar-refractivity contribution in [3.63, 3.8) is 0 Å². The van der Waals surface area contributed by atoms with Gasteiger partial charge in [-0.15, -0.1) is 0 Å². The number of rotatable bonds is 3. The summed E-state index contributed by atoms with van der Waals surface area (Å²) in [4.78, 5) is 16.3. The number of likely N-dealkylation sites (tertiary alicyclic amines) is 2. The molecule has 2 saturated heterocycles. The minimum atomic E-state index is -0.107. The lowest BCUT2D eigenvalue weighted by molar-refractivity contribution is -0.123. The third-order valence-corrected chi connectivity index (χ3v) is 4.68. The van der Waals surface area contributed by atoms with Gasteiger partial charge in [0, 0.05) is 18.0 Å². The van der Waals surface area contributed by atoms with Gasteiger partial charge in [-0.3, -0.25) is 4.79 Å². The van der Waals surface area contributed by atoms with Crippen molar-refractivity contribution in [1.29, 1.82) is 0 Å². The molecular formula is C14H27N3O. The van der Waals surface area contributed by atoms with Gasteiger partial charge in [-0.1, -0.05) is 0 Å². The van der Waals surface area contributed by atoms with E-state index in [9.17, 15) is 4.79 Å². The van der Waals surface area contributed by atoms with Gasteiger partial charge in [-0.25, -0.2) is 0 Å². The highest BCUT2D eigenvalue weighted by Crippen LogP contribution is 2.24. The van der Waals surface area contributed by atoms with Crippen molar-refractivity contribution in [1.82, 2.24) is 9.80 Å². The molecule has 0 aromatic carbocycles. The van der Waals surface area contributed by atoms with Gasteiger partial charge >= 0.3 is 0 Å². The molecule has 0 unspecified atom stereocenters. The Morgan fingerprint density at radius 3 is 2.06 bits per heavy atom. The quantitative estimate of drug-likeness (QED) is 0.818. The van der Waals surface area contributed by atoms with Crippen molar-refractivity contribution in [2.75, 3.05) is 26.2 Å². The summed E-state index contributed by atoms with van der Waals surface area (Å²) in [5.74, 6) is 0.0151. The molecule has 0 radical (unpaired) electrons. The van der Waals surface area contributed by atoms with Gasteiger partial charge in [-0.2, -0.15) is 0 Å². The Balaban J connectivity index is 1.76. The summed E-state index contributed by atoms with van der Waals surface area (Å²) in [6.45, 7) is 9.10. The van der Waals surface area contributed by atoms with Gasteiger partial charge < -0.3 is 15.5 Å². The van der Waals surface area contributed by atoms with Crippen LogP contribution in [-0.2, 0) is 4.79 Å². The average molecular weight is 253 g/mol. The number of carbonyl (C=O) groups excluding carboxylic acids is 1. The Labute approximate surface area is 110 Å². The fourth-order valence-electron chi connectivity index (χ4n) is 3.32. The molecule has 2 aliphatic rings. The van der Waals surface area contributed by atoms with E-state index in [1.807, 2.05) is 0 Å². The van der Waals surface area contributed by atoms with Crippen LogP contribution in [0.1, 0.15) is 39.5 Å². The molecule has 0 saturated carbocycles. The number of hydrogen-bond donors (Lipinski definition) is 1. The van der Waals surface area contributed by atoms with Crippen LogP contribution >= 0.6 is 0 Å². The maximum Gasteiger partial charge on any atom is 0.220 e. The van der Waals surface area contributed by atoms with Crippen LogP contribution in [0.15, 0.2) is 0 Å². The summed E-state index contributed by atoms with van der Waals surface area (Å²) in [6, 6.07) is 1.40. The van der Waals surface area contributed by atoms with Crippen LogP contribution in [0, 0.1) is 5.92 Å². The normalized spacial score (nSPS) is 25.7. The van der Waals surface area contributed by atoms with Gasteiger partial charge in [0.05, 0.1) is 0 Å². The second-order valence-corrected chi connectivity index (χ2v) is 6.07. The zero-order valence-corrected chi connectivity index (χ0v) is 11.8. The predicted molar refractivity (Wildman–Crippen MR) is 73.2 cm³/mol. The van der Waals surface area contributed by atoms with Crippen molar-refractivity contribution in [2.24, 2.45) is 11.7 Å². The SMILES string of the molecule is CC(C)N1CCC(N2CCC(C(N)=O)CC2)CC1. The van der Waals surface area contributed by atoms with E-state index in [4.69, 9.17) is 5.73 Å². The number of nitrogens with zero attached hydrogens (tertiary/aromatic N) is 2. The maximum atomic E-state index is 11.2. The van der Waals surface area contributed by atoms with Crippen LogP contribution in [0.2, 0.25) is 0 Å². The van der Waals surface area contributed by atoms with Gasteiger partial charge in [0.2, 0.25) is 5.91 Å². The lowest BCUT2D eigenvalue weighted by Gasteiger charge is -2.42. The van der Waals surface area contributed by atoms with E-state index in [-0.39, 0.29) is 11.8 Å². The third kappa shape index (κ3) is 3.23. The third-order valence-electron chi connectivity index (χ3n) is 4.68. The molecule has 2 heterocycles. The monoisotopic (exact) mass is 253 g/mol. The highest BCUT2D eigenvalue weighted by atomic mass is 16.1. The first kappa shape index (κ1) is 13.8. The first-order valence-corrected chi connectivity index (χ1v) is 7.35. The fraction of sp³-hybridized carbons (Fsp3) is 0.929. The number of nitrogens with two attached hydrogens (primary N) is 1. The van der Waals surface area contributed by atoms with E-state index in [1.54, 1.807) is 0 Å². The molecule has 1 amide bonds. The van der Waals surface area contributed by atoms with Crippen LogP contribution in [0.3, 0.4) is 0 Å². The van der Waals surface area contributed by atoms with Crippen LogP contribution in [0.5, 0.6) is 0 Å². The van der Waals surface area contributed by atoms with Crippen molar-refractivity contribution < 1.29 is 4.79 Å². The molecule has 4 heteroatoms. The number of hydrogen-bond acceptors (Lipinski definition) is 3. The Morgan fingerprint density at radius 1 is 1.06 bits per heavy atom. The Kier molecular flexibility index (Phi) is 4.62. The van der Waals surface area contributed by atoms with Crippen LogP contribution in [0.25, 0.3) is 0 Å². The minimum absolute atomic E-state index is 0.107. The van der Waals surface area contributed by atoms with Crippen molar-refractivity contribution in [2.45, 2.75) is 51.6 Å². The van der Waals surface area contributed by atoms with E-state index >= 15 is 0 Å². The Morgan fingerprint density at radius 2 is 1.61 bits per heavy atom. The molecule has 0 atom stereocenters. The maximum absolute atomic E-state index is 11.2. The first-order valence-electron chi connectivity index (χ1n) is 7.35. The largest absolute Gasteiger partial charge is 0.369 e. The summed E-state index contributed by atoms with van der Waals surface area (Å²) in [5.41, 5.74) is 5.38. The molecule has 0 spiro atoms. The second-order valence-electron chi connectivity index (χ2n) is 6.07. The van der Waals surface area contributed by atoms with Gasteiger partial charge in [0.15, 0.2) is 0 Å². The summed E-state index contributed by atoms with van der Waals surface area (Å²) >= 11 is 0. The molecule has 2 N–H and O–H groups in total.